The Balaban J connectivity index is 2.18. The van der Waals surface area contributed by atoms with Crippen LogP contribution in [0.3, 0.4) is 0 Å². The van der Waals surface area contributed by atoms with E-state index in [0.29, 0.717) is 0 Å². The Morgan fingerprint density at radius 2 is 0.674 bits per heavy atom. The predicted molar refractivity (Wildman–Crippen MR) is 207 cm³/mol. The lowest BCUT2D eigenvalue weighted by molar-refractivity contribution is -0.704. The standard InChI is InChI=1S/C44H87N2/c1-4-7-10-13-16-18-20-22-23-24-26-28-30-32-35-38-41-46-43-42-45(44(46)39-36-33-15-12-9-6-3)40-37-34-31-29-27-25-21-19-17-14-11-8-5-2/h42-43H,4-41H2,1-3H3/q+1. The van der Waals surface area contributed by atoms with Crippen LogP contribution in [0.4, 0.5) is 0 Å². The van der Waals surface area contributed by atoms with E-state index in [-0.39, 0.29) is 0 Å². The van der Waals surface area contributed by atoms with E-state index in [1.807, 2.05) is 0 Å². The second-order valence-corrected chi connectivity index (χ2v) is 15.2. The van der Waals surface area contributed by atoms with Crippen LogP contribution in [0.15, 0.2) is 12.4 Å². The van der Waals surface area contributed by atoms with Gasteiger partial charge in [0.05, 0.1) is 13.1 Å². The molecule has 0 radical (unpaired) electrons. The van der Waals surface area contributed by atoms with E-state index < -0.39 is 0 Å². The van der Waals surface area contributed by atoms with Crippen molar-refractivity contribution in [3.05, 3.63) is 18.2 Å². The topological polar surface area (TPSA) is 8.81 Å². The van der Waals surface area contributed by atoms with E-state index in [9.17, 15) is 0 Å². The van der Waals surface area contributed by atoms with Crippen LogP contribution in [0, 0.1) is 0 Å². The van der Waals surface area contributed by atoms with Crippen LogP contribution in [0.25, 0.3) is 0 Å². The average Bonchev–Trinajstić information content (AvgIpc) is 3.45. The third-order valence-electron chi connectivity index (χ3n) is 10.6. The first-order chi connectivity index (χ1) is 22.8. The van der Waals surface area contributed by atoms with Gasteiger partial charge in [-0.05, 0) is 32.1 Å². The molecule has 0 N–H and O–H groups in total. The summed E-state index contributed by atoms with van der Waals surface area (Å²) in [6.07, 6.45) is 56.4. The summed E-state index contributed by atoms with van der Waals surface area (Å²) in [5, 5.41) is 0. The van der Waals surface area contributed by atoms with Crippen LogP contribution in [0.5, 0.6) is 0 Å². The third kappa shape index (κ3) is 27.2. The largest absolute Gasteiger partial charge is 0.256 e. The first-order valence-electron chi connectivity index (χ1n) is 21.9. The molecule has 0 saturated carbocycles. The molecule has 1 heterocycles. The molecule has 46 heavy (non-hydrogen) atoms. The molecular formula is C44H87N2+. The fraction of sp³-hybridized carbons (Fsp3) is 0.932. The van der Waals surface area contributed by atoms with Gasteiger partial charge in [-0.1, -0.05) is 213 Å². The van der Waals surface area contributed by atoms with Gasteiger partial charge in [0.1, 0.15) is 12.4 Å². The number of aromatic nitrogens is 2. The smallest absolute Gasteiger partial charge is 0.234 e. The molecule has 0 aliphatic rings. The molecule has 0 aliphatic carbocycles. The third-order valence-corrected chi connectivity index (χ3v) is 10.6. The highest BCUT2D eigenvalue weighted by Crippen LogP contribution is 2.16. The van der Waals surface area contributed by atoms with Gasteiger partial charge in [-0.3, -0.25) is 0 Å². The zero-order valence-corrected chi connectivity index (χ0v) is 32.4. The maximum absolute atomic E-state index is 2.64. The summed E-state index contributed by atoms with van der Waals surface area (Å²) in [5.41, 5.74) is 0. The molecular weight excluding hydrogens is 556 g/mol. The summed E-state index contributed by atoms with van der Waals surface area (Å²) in [4.78, 5) is 0. The summed E-state index contributed by atoms with van der Waals surface area (Å²) >= 11 is 0. The zero-order chi connectivity index (χ0) is 33.0. The summed E-state index contributed by atoms with van der Waals surface area (Å²) in [5.74, 6) is 1.62. The van der Waals surface area contributed by atoms with Gasteiger partial charge < -0.3 is 0 Å². The van der Waals surface area contributed by atoms with Crippen LogP contribution in [-0.2, 0) is 19.5 Å². The van der Waals surface area contributed by atoms with Gasteiger partial charge in [0.2, 0.25) is 0 Å². The zero-order valence-electron chi connectivity index (χ0n) is 32.4. The van der Waals surface area contributed by atoms with Crippen molar-refractivity contribution in [1.29, 1.82) is 0 Å². The lowest BCUT2D eigenvalue weighted by atomic mass is 10.0. The van der Waals surface area contributed by atoms with Gasteiger partial charge in [0.25, 0.3) is 5.82 Å². The minimum atomic E-state index is 1.23. The molecule has 0 fully saturated rings. The second-order valence-electron chi connectivity index (χ2n) is 15.2. The van der Waals surface area contributed by atoms with Gasteiger partial charge >= 0.3 is 0 Å². The van der Waals surface area contributed by atoms with Crippen LogP contribution < -0.4 is 4.57 Å². The molecule has 1 aromatic rings. The average molecular weight is 644 g/mol. The SMILES string of the molecule is CCCCCCCCCCCCCCCCCCn1cc[n+](CCCCCCCCCCCCCCC)c1CCCCCCCC. The van der Waals surface area contributed by atoms with Crippen molar-refractivity contribution < 1.29 is 4.57 Å². The number of aryl methyl sites for hydroxylation is 2. The first kappa shape index (κ1) is 43.2. The molecule has 0 unspecified atom stereocenters. The second kappa shape index (κ2) is 35.5. The van der Waals surface area contributed by atoms with Crippen molar-refractivity contribution in [1.82, 2.24) is 4.57 Å². The Morgan fingerprint density at radius 1 is 0.370 bits per heavy atom. The molecule has 2 heteroatoms. The van der Waals surface area contributed by atoms with Crippen LogP contribution in [-0.4, -0.2) is 4.57 Å². The molecule has 1 rings (SSSR count). The fourth-order valence-electron chi connectivity index (χ4n) is 7.39. The van der Waals surface area contributed by atoms with Gasteiger partial charge in [0, 0.05) is 6.42 Å². The maximum Gasteiger partial charge on any atom is 0.256 e. The molecule has 2 nitrogen and oxygen atoms in total. The number of imidazole rings is 1. The summed E-state index contributed by atoms with van der Waals surface area (Å²) < 4.78 is 5.27. The lowest BCUT2D eigenvalue weighted by Crippen LogP contribution is -2.37. The summed E-state index contributed by atoms with van der Waals surface area (Å²) in [7, 11) is 0. The Labute approximate surface area is 291 Å². The Kier molecular flexibility index (Phi) is 33.4. The van der Waals surface area contributed by atoms with Crippen LogP contribution >= 0.6 is 0 Å². The van der Waals surface area contributed by atoms with E-state index in [4.69, 9.17) is 0 Å². The predicted octanol–water partition coefficient (Wildman–Crippen LogP) is 15.0. The van der Waals surface area contributed by atoms with E-state index in [1.54, 1.807) is 5.82 Å². The monoisotopic (exact) mass is 644 g/mol. The number of rotatable bonds is 38. The van der Waals surface area contributed by atoms with Gasteiger partial charge in [-0.15, -0.1) is 0 Å². The molecule has 1 aromatic heterocycles. The van der Waals surface area contributed by atoms with Gasteiger partial charge in [-0.25, -0.2) is 9.13 Å². The number of hydrogen-bond acceptors (Lipinski definition) is 0. The van der Waals surface area contributed by atoms with E-state index in [2.05, 4.69) is 42.3 Å². The molecule has 0 bridgehead atoms. The van der Waals surface area contributed by atoms with E-state index in [1.165, 1.54) is 244 Å². The first-order valence-corrected chi connectivity index (χ1v) is 21.9. The highest BCUT2D eigenvalue weighted by atomic mass is 15.1. The Morgan fingerprint density at radius 3 is 1.04 bits per heavy atom. The highest BCUT2D eigenvalue weighted by molar-refractivity contribution is 4.84. The highest BCUT2D eigenvalue weighted by Gasteiger charge is 2.16. The minimum absolute atomic E-state index is 1.23. The van der Waals surface area contributed by atoms with E-state index in [0.717, 1.165) is 0 Å². The molecule has 0 saturated heterocycles. The van der Waals surface area contributed by atoms with Gasteiger partial charge in [0.15, 0.2) is 0 Å². The van der Waals surface area contributed by atoms with Gasteiger partial charge in [-0.2, -0.15) is 0 Å². The summed E-state index contributed by atoms with van der Waals surface area (Å²) in [6, 6.07) is 0. The Bertz CT molecular complexity index is 707. The van der Waals surface area contributed by atoms with Crippen molar-refractivity contribution in [3.63, 3.8) is 0 Å². The minimum Gasteiger partial charge on any atom is -0.234 e. The summed E-state index contributed by atoms with van der Waals surface area (Å²) in [6.45, 7) is 9.41. The molecule has 0 spiro atoms. The molecule has 0 amide bonds. The van der Waals surface area contributed by atoms with Crippen molar-refractivity contribution >= 4 is 0 Å². The quantitative estimate of drug-likeness (QED) is 0.0501. The Hall–Kier alpha value is -0.790. The molecule has 0 aliphatic heterocycles. The fourth-order valence-corrected chi connectivity index (χ4v) is 7.39. The normalized spacial score (nSPS) is 11.6. The van der Waals surface area contributed by atoms with Crippen LogP contribution in [0.2, 0.25) is 0 Å². The van der Waals surface area contributed by atoms with Crippen molar-refractivity contribution in [2.24, 2.45) is 0 Å². The number of unbranched alkanes of at least 4 members (excludes halogenated alkanes) is 32. The van der Waals surface area contributed by atoms with Crippen molar-refractivity contribution in [2.75, 3.05) is 0 Å². The number of nitrogens with zero attached hydrogens (tertiary/aromatic N) is 2. The van der Waals surface area contributed by atoms with Crippen molar-refractivity contribution in [3.8, 4) is 0 Å². The molecule has 272 valence electrons. The lowest BCUT2D eigenvalue weighted by Gasteiger charge is -2.07. The van der Waals surface area contributed by atoms with Crippen LogP contribution in [0.1, 0.15) is 251 Å². The molecule has 0 aromatic carbocycles. The van der Waals surface area contributed by atoms with Crippen molar-refractivity contribution in [2.45, 2.75) is 265 Å². The maximum atomic E-state index is 2.64. The van der Waals surface area contributed by atoms with E-state index >= 15 is 0 Å². The number of hydrogen-bond donors (Lipinski definition) is 0. The molecule has 0 atom stereocenters.